The predicted octanol–water partition coefficient (Wildman–Crippen LogP) is 2.82. The van der Waals surface area contributed by atoms with Gasteiger partial charge in [-0.15, -0.1) is 0 Å². The molecule has 0 aromatic carbocycles. The van der Waals surface area contributed by atoms with Crippen molar-refractivity contribution in [1.82, 2.24) is 0 Å². The van der Waals surface area contributed by atoms with Crippen LogP contribution in [0.5, 0.6) is 0 Å². The Labute approximate surface area is 150 Å². The van der Waals surface area contributed by atoms with E-state index in [0.29, 0.717) is 25.7 Å². The standard InChI is InChI=1S/C20H32O5/c1-2-3-4-5-6-7-10-16-17(19(23)14-18(16)22)13-12-15(21)9-8-11-20(24)25/h3-4,6-7,12-13,15-19,21-23H,2,5,8-11,14H2,1H3,(H,24,25)/b4-3+,7-6+,13-12+/t15-,16+,17-,18+,19-/m0/s1. The molecule has 0 radical (unpaired) electrons. The Hall–Kier alpha value is -1.43. The lowest BCUT2D eigenvalue weighted by Gasteiger charge is -2.19. The van der Waals surface area contributed by atoms with Crippen molar-refractivity contribution in [2.45, 2.75) is 70.2 Å². The maximum absolute atomic E-state index is 10.5. The van der Waals surface area contributed by atoms with Crippen molar-refractivity contribution in [3.63, 3.8) is 0 Å². The van der Waals surface area contributed by atoms with Crippen molar-refractivity contribution >= 4 is 5.97 Å². The predicted molar refractivity (Wildman–Crippen MR) is 98.0 cm³/mol. The molecule has 1 saturated carbocycles. The first-order chi connectivity index (χ1) is 12.0. The average molecular weight is 352 g/mol. The van der Waals surface area contributed by atoms with E-state index in [9.17, 15) is 20.1 Å². The Bertz CT molecular complexity index is 469. The van der Waals surface area contributed by atoms with Crippen LogP contribution in [0.2, 0.25) is 0 Å². The first-order valence-electron chi connectivity index (χ1n) is 9.20. The highest BCUT2D eigenvalue weighted by molar-refractivity contribution is 5.66. The topological polar surface area (TPSA) is 98.0 Å². The molecule has 0 amide bonds. The zero-order valence-corrected chi connectivity index (χ0v) is 15.0. The third-order valence-electron chi connectivity index (χ3n) is 4.61. The Balaban J connectivity index is 2.51. The fourth-order valence-electron chi connectivity index (χ4n) is 3.21. The molecule has 1 aliphatic rings. The summed E-state index contributed by atoms with van der Waals surface area (Å²) in [5, 5.41) is 38.8. The molecule has 5 nitrogen and oxygen atoms in total. The van der Waals surface area contributed by atoms with Crippen LogP contribution >= 0.6 is 0 Å². The number of hydrogen-bond donors (Lipinski definition) is 4. The molecule has 5 atom stereocenters. The van der Waals surface area contributed by atoms with E-state index in [1.807, 2.05) is 6.08 Å². The van der Waals surface area contributed by atoms with Gasteiger partial charge in [0.25, 0.3) is 0 Å². The van der Waals surface area contributed by atoms with Gasteiger partial charge in [0.2, 0.25) is 0 Å². The van der Waals surface area contributed by atoms with Gasteiger partial charge in [0.05, 0.1) is 18.3 Å². The molecule has 1 rings (SSSR count). The number of aliphatic hydroxyl groups excluding tert-OH is 3. The fraction of sp³-hybridized carbons (Fsp3) is 0.650. The largest absolute Gasteiger partial charge is 0.481 e. The van der Waals surface area contributed by atoms with Crippen LogP contribution in [0.1, 0.15) is 51.9 Å². The minimum absolute atomic E-state index is 0.0373. The Morgan fingerprint density at radius 3 is 2.56 bits per heavy atom. The SMILES string of the molecule is CC/C=C/C/C=C/C[C@@H]1[C@H](/C=C/[C@@H](O)CCCC(=O)O)[C@@H](O)C[C@H]1O. The summed E-state index contributed by atoms with van der Waals surface area (Å²) in [6.07, 6.45) is 13.5. The smallest absolute Gasteiger partial charge is 0.303 e. The number of carboxylic acids is 1. The van der Waals surface area contributed by atoms with E-state index in [1.54, 1.807) is 12.2 Å². The highest BCUT2D eigenvalue weighted by Gasteiger charge is 2.39. The van der Waals surface area contributed by atoms with Gasteiger partial charge in [0.1, 0.15) is 0 Å². The number of rotatable bonds is 11. The Morgan fingerprint density at radius 1 is 1.16 bits per heavy atom. The zero-order chi connectivity index (χ0) is 18.7. The minimum atomic E-state index is -0.869. The van der Waals surface area contributed by atoms with Crippen molar-refractivity contribution in [1.29, 1.82) is 0 Å². The summed E-state index contributed by atoms with van der Waals surface area (Å²) in [4.78, 5) is 10.5. The summed E-state index contributed by atoms with van der Waals surface area (Å²) in [6.45, 7) is 2.09. The van der Waals surface area contributed by atoms with Crippen LogP contribution in [0.4, 0.5) is 0 Å². The van der Waals surface area contributed by atoms with Gasteiger partial charge in [-0.2, -0.15) is 0 Å². The maximum atomic E-state index is 10.5. The summed E-state index contributed by atoms with van der Waals surface area (Å²) < 4.78 is 0. The van der Waals surface area contributed by atoms with Crippen LogP contribution in [0, 0.1) is 11.8 Å². The molecule has 1 aliphatic carbocycles. The molecule has 0 spiro atoms. The van der Waals surface area contributed by atoms with Crippen LogP contribution in [0.15, 0.2) is 36.5 Å². The molecule has 1 fully saturated rings. The first-order valence-corrected chi connectivity index (χ1v) is 9.20. The monoisotopic (exact) mass is 352 g/mol. The second-order valence-electron chi connectivity index (χ2n) is 6.67. The number of carboxylic acid groups (broad SMARTS) is 1. The molecule has 0 heterocycles. The van der Waals surface area contributed by atoms with E-state index >= 15 is 0 Å². The molecular weight excluding hydrogens is 320 g/mol. The molecule has 4 N–H and O–H groups in total. The van der Waals surface area contributed by atoms with Gasteiger partial charge in [0.15, 0.2) is 0 Å². The second-order valence-corrected chi connectivity index (χ2v) is 6.67. The van der Waals surface area contributed by atoms with Crippen molar-refractivity contribution in [2.75, 3.05) is 0 Å². The van der Waals surface area contributed by atoms with Crippen LogP contribution in [-0.4, -0.2) is 44.7 Å². The van der Waals surface area contributed by atoms with E-state index in [4.69, 9.17) is 5.11 Å². The molecular formula is C20H32O5. The van der Waals surface area contributed by atoms with Crippen molar-refractivity contribution in [3.8, 4) is 0 Å². The van der Waals surface area contributed by atoms with Gasteiger partial charge < -0.3 is 20.4 Å². The molecule has 142 valence electrons. The lowest BCUT2D eigenvalue weighted by molar-refractivity contribution is -0.137. The van der Waals surface area contributed by atoms with Crippen LogP contribution in [0.25, 0.3) is 0 Å². The van der Waals surface area contributed by atoms with E-state index < -0.39 is 24.3 Å². The summed E-state index contributed by atoms with van der Waals surface area (Å²) in [5.41, 5.74) is 0. The molecule has 25 heavy (non-hydrogen) atoms. The summed E-state index contributed by atoms with van der Waals surface area (Å²) >= 11 is 0. The van der Waals surface area contributed by atoms with Crippen molar-refractivity contribution < 1.29 is 25.2 Å². The number of aliphatic carboxylic acids is 1. The van der Waals surface area contributed by atoms with Gasteiger partial charge in [-0.05, 0) is 38.0 Å². The maximum Gasteiger partial charge on any atom is 0.303 e. The lowest BCUT2D eigenvalue weighted by atomic mass is 9.89. The lowest BCUT2D eigenvalue weighted by Crippen LogP contribution is -2.20. The summed E-state index contributed by atoms with van der Waals surface area (Å²) in [5.74, 6) is -1.13. The Kier molecular flexibility index (Phi) is 10.4. The molecule has 5 heteroatoms. The fourth-order valence-corrected chi connectivity index (χ4v) is 3.21. The summed E-state index contributed by atoms with van der Waals surface area (Å²) in [7, 11) is 0. The molecule has 0 aromatic rings. The average Bonchev–Trinajstić information content (AvgIpc) is 2.81. The Morgan fingerprint density at radius 2 is 1.88 bits per heavy atom. The highest BCUT2D eigenvalue weighted by Crippen LogP contribution is 2.36. The van der Waals surface area contributed by atoms with Crippen molar-refractivity contribution in [2.24, 2.45) is 11.8 Å². The quantitative estimate of drug-likeness (QED) is 0.429. The molecule has 0 aliphatic heterocycles. The minimum Gasteiger partial charge on any atom is -0.481 e. The number of aliphatic hydroxyl groups is 3. The van der Waals surface area contributed by atoms with Gasteiger partial charge in [-0.1, -0.05) is 43.4 Å². The van der Waals surface area contributed by atoms with E-state index in [0.717, 1.165) is 12.8 Å². The van der Waals surface area contributed by atoms with Crippen LogP contribution in [-0.2, 0) is 4.79 Å². The van der Waals surface area contributed by atoms with Crippen molar-refractivity contribution in [3.05, 3.63) is 36.5 Å². The number of allylic oxidation sites excluding steroid dienone is 4. The summed E-state index contributed by atoms with van der Waals surface area (Å²) in [6, 6.07) is 0. The third-order valence-corrected chi connectivity index (χ3v) is 4.61. The molecule has 0 saturated heterocycles. The zero-order valence-electron chi connectivity index (χ0n) is 15.0. The normalized spacial score (nSPS) is 28.5. The molecule has 0 bridgehead atoms. The van der Waals surface area contributed by atoms with Crippen LogP contribution < -0.4 is 0 Å². The van der Waals surface area contributed by atoms with E-state index in [2.05, 4.69) is 25.2 Å². The van der Waals surface area contributed by atoms with Crippen LogP contribution in [0.3, 0.4) is 0 Å². The first kappa shape index (κ1) is 21.6. The number of carbonyl (C=O) groups is 1. The van der Waals surface area contributed by atoms with Gasteiger partial charge >= 0.3 is 5.97 Å². The third kappa shape index (κ3) is 8.47. The second kappa shape index (κ2) is 12.0. The van der Waals surface area contributed by atoms with E-state index in [1.165, 1.54) is 0 Å². The van der Waals surface area contributed by atoms with Gasteiger partial charge in [0, 0.05) is 18.8 Å². The number of hydrogen-bond acceptors (Lipinski definition) is 4. The molecule has 0 unspecified atom stereocenters. The van der Waals surface area contributed by atoms with E-state index in [-0.39, 0.29) is 18.3 Å². The van der Waals surface area contributed by atoms with Gasteiger partial charge in [-0.3, -0.25) is 4.79 Å². The molecule has 0 aromatic heterocycles. The highest BCUT2D eigenvalue weighted by atomic mass is 16.4. The van der Waals surface area contributed by atoms with Gasteiger partial charge in [-0.25, -0.2) is 0 Å².